The minimum atomic E-state index is -0.0697. The average molecular weight is 475 g/mol. The second-order valence-corrected chi connectivity index (χ2v) is 10.4. The Morgan fingerprint density at radius 1 is 0.967 bits per heavy atom. The maximum absolute atomic E-state index is 6.54. The van der Waals surface area contributed by atoms with Crippen LogP contribution >= 0.6 is 46.3 Å². The molecule has 0 spiro atoms. The predicted molar refractivity (Wildman–Crippen MR) is 128 cm³/mol. The first-order valence-corrected chi connectivity index (χ1v) is 12.1. The minimum absolute atomic E-state index is 0.0697. The molecule has 0 amide bonds. The molecule has 4 aromatic rings. The molecule has 0 fully saturated rings. The van der Waals surface area contributed by atoms with Crippen molar-refractivity contribution in [1.29, 1.82) is 0 Å². The Balaban J connectivity index is 1.99. The summed E-state index contributed by atoms with van der Waals surface area (Å²) in [5.74, 6) is 0. The lowest BCUT2D eigenvalue weighted by molar-refractivity contribution is 0.578. The smallest absolute Gasteiger partial charge is 0.169 e. The van der Waals surface area contributed by atoms with Gasteiger partial charge in [-0.05, 0) is 30.5 Å². The summed E-state index contributed by atoms with van der Waals surface area (Å²) in [6.45, 7) is 6.40. The Labute approximate surface area is 194 Å². The number of para-hydroxylation sites is 1. The average Bonchev–Trinajstić information content (AvgIpc) is 3.33. The zero-order chi connectivity index (χ0) is 21.5. The third-order valence-corrected chi connectivity index (χ3v) is 7.24. The highest BCUT2D eigenvalue weighted by Crippen LogP contribution is 2.42. The van der Waals surface area contributed by atoms with Gasteiger partial charge in [0, 0.05) is 16.0 Å². The molecule has 0 bridgehead atoms. The van der Waals surface area contributed by atoms with Gasteiger partial charge in [0.2, 0.25) is 0 Å². The Hall–Kier alpha value is -1.86. The van der Waals surface area contributed by atoms with E-state index in [-0.39, 0.29) is 5.41 Å². The van der Waals surface area contributed by atoms with Crippen LogP contribution in [-0.4, -0.2) is 26.2 Å². The monoisotopic (exact) mass is 474 g/mol. The number of hydrogen-bond acceptors (Lipinski definition) is 5. The number of aromatic nitrogens is 4. The molecule has 30 heavy (non-hydrogen) atoms. The van der Waals surface area contributed by atoms with Crippen molar-refractivity contribution >= 4 is 46.3 Å². The van der Waals surface area contributed by atoms with Crippen molar-refractivity contribution in [1.82, 2.24) is 20.0 Å². The predicted octanol–water partition coefficient (Wildman–Crippen LogP) is 7.38. The van der Waals surface area contributed by atoms with Crippen LogP contribution in [0.25, 0.3) is 27.6 Å². The van der Waals surface area contributed by atoms with Gasteiger partial charge in [0.05, 0.1) is 21.3 Å². The van der Waals surface area contributed by atoms with E-state index in [9.17, 15) is 0 Å². The van der Waals surface area contributed by atoms with Crippen LogP contribution in [0, 0.1) is 0 Å². The summed E-state index contributed by atoms with van der Waals surface area (Å²) in [6, 6.07) is 15.5. The lowest BCUT2D eigenvalue weighted by Crippen LogP contribution is -2.10. The first kappa shape index (κ1) is 21.4. The quantitative estimate of drug-likeness (QED) is 0.289. The van der Waals surface area contributed by atoms with Gasteiger partial charge >= 0.3 is 0 Å². The van der Waals surface area contributed by atoms with E-state index >= 15 is 0 Å². The van der Waals surface area contributed by atoms with Crippen LogP contribution in [0.2, 0.25) is 10.0 Å². The number of benzene rings is 2. The highest BCUT2D eigenvalue weighted by Gasteiger charge is 2.26. The molecule has 0 radical (unpaired) electrons. The number of nitrogens with zero attached hydrogens (tertiary/aromatic N) is 4. The molecule has 2 heterocycles. The summed E-state index contributed by atoms with van der Waals surface area (Å²) in [4.78, 5) is 1.02. The highest BCUT2D eigenvalue weighted by atomic mass is 35.5. The van der Waals surface area contributed by atoms with Crippen molar-refractivity contribution < 1.29 is 0 Å². The molecule has 154 valence electrons. The molecular weight excluding hydrogens is 455 g/mol. The van der Waals surface area contributed by atoms with Gasteiger partial charge in [0.15, 0.2) is 5.01 Å². The Bertz CT molecular complexity index is 1190. The van der Waals surface area contributed by atoms with E-state index in [1.807, 2.05) is 59.5 Å². The number of hydrogen-bond donors (Lipinski definition) is 0. The Morgan fingerprint density at radius 3 is 2.27 bits per heavy atom. The molecule has 2 aromatic heterocycles. The van der Waals surface area contributed by atoms with E-state index in [4.69, 9.17) is 28.3 Å². The van der Waals surface area contributed by atoms with Crippen LogP contribution < -0.4 is 0 Å². The zero-order valence-electron chi connectivity index (χ0n) is 17.0. The topological polar surface area (TPSA) is 43.6 Å². The van der Waals surface area contributed by atoms with Crippen molar-refractivity contribution in [2.24, 2.45) is 0 Å². The van der Waals surface area contributed by atoms with Crippen molar-refractivity contribution in [3.63, 3.8) is 0 Å². The molecule has 0 aliphatic heterocycles. The van der Waals surface area contributed by atoms with E-state index in [1.54, 1.807) is 23.1 Å². The van der Waals surface area contributed by atoms with E-state index < -0.39 is 0 Å². The van der Waals surface area contributed by atoms with Gasteiger partial charge in [-0.1, -0.05) is 79.6 Å². The summed E-state index contributed by atoms with van der Waals surface area (Å²) in [5.41, 5.74) is 3.50. The van der Waals surface area contributed by atoms with Crippen LogP contribution in [0.3, 0.4) is 0 Å². The second kappa shape index (κ2) is 8.35. The summed E-state index contributed by atoms with van der Waals surface area (Å²) < 4.78 is 1.89. The van der Waals surface area contributed by atoms with Gasteiger partial charge < -0.3 is 0 Å². The standard InChI is InChI=1S/C22H20Cl2N4S2/c1-22(2,3)21-26-25-20(30-21)17-19(29-4)18(13-9-11-14(23)12-10-13)28(27-17)16-8-6-5-7-15(16)24/h5-12H,1-4H3. The fourth-order valence-corrected chi connectivity index (χ4v) is 5.05. The third-order valence-electron chi connectivity index (χ3n) is 4.51. The van der Waals surface area contributed by atoms with E-state index in [0.29, 0.717) is 10.0 Å². The van der Waals surface area contributed by atoms with Crippen LogP contribution in [0.4, 0.5) is 0 Å². The molecule has 4 rings (SSSR count). The summed E-state index contributed by atoms with van der Waals surface area (Å²) in [6.07, 6.45) is 2.04. The van der Waals surface area contributed by atoms with Crippen LogP contribution in [0.1, 0.15) is 25.8 Å². The molecule has 0 unspecified atom stereocenters. The Kier molecular flexibility index (Phi) is 5.95. The number of rotatable bonds is 4. The number of halogens is 2. The second-order valence-electron chi connectivity index (χ2n) is 7.76. The summed E-state index contributed by atoms with van der Waals surface area (Å²) in [7, 11) is 0. The first-order valence-electron chi connectivity index (χ1n) is 9.32. The molecule has 0 aliphatic rings. The normalized spacial score (nSPS) is 11.8. The lowest BCUT2D eigenvalue weighted by Gasteiger charge is -2.12. The SMILES string of the molecule is CSc1c(-c2nnc(C(C)(C)C)s2)nn(-c2ccccc2Cl)c1-c1ccc(Cl)cc1. The minimum Gasteiger partial charge on any atom is -0.230 e. The largest absolute Gasteiger partial charge is 0.230 e. The van der Waals surface area contributed by atoms with E-state index in [0.717, 1.165) is 37.5 Å². The maximum atomic E-state index is 6.54. The van der Waals surface area contributed by atoms with Crippen molar-refractivity contribution in [2.75, 3.05) is 6.26 Å². The third kappa shape index (κ3) is 4.02. The molecule has 4 nitrogen and oxygen atoms in total. The summed E-state index contributed by atoms with van der Waals surface area (Å²) >= 11 is 15.9. The van der Waals surface area contributed by atoms with Crippen LogP contribution in [-0.2, 0) is 5.41 Å². The maximum Gasteiger partial charge on any atom is 0.169 e. The van der Waals surface area contributed by atoms with Gasteiger partial charge in [-0.25, -0.2) is 4.68 Å². The fourth-order valence-electron chi connectivity index (χ4n) is 3.02. The first-order chi connectivity index (χ1) is 14.3. The molecule has 0 saturated heterocycles. The fraction of sp³-hybridized carbons (Fsp3) is 0.227. The molecule has 0 saturated carbocycles. The molecule has 2 aromatic carbocycles. The van der Waals surface area contributed by atoms with Gasteiger partial charge in [-0.2, -0.15) is 5.10 Å². The highest BCUT2D eigenvalue weighted by molar-refractivity contribution is 7.98. The molecule has 0 N–H and O–H groups in total. The van der Waals surface area contributed by atoms with Crippen molar-refractivity contribution in [2.45, 2.75) is 31.1 Å². The van der Waals surface area contributed by atoms with Crippen LogP contribution in [0.5, 0.6) is 0 Å². The van der Waals surface area contributed by atoms with Gasteiger partial charge in [0.1, 0.15) is 10.7 Å². The molecule has 0 atom stereocenters. The van der Waals surface area contributed by atoms with E-state index in [1.165, 1.54) is 0 Å². The van der Waals surface area contributed by atoms with Gasteiger partial charge in [-0.15, -0.1) is 22.0 Å². The molecular formula is C22H20Cl2N4S2. The van der Waals surface area contributed by atoms with Crippen LogP contribution in [0.15, 0.2) is 53.4 Å². The zero-order valence-corrected chi connectivity index (χ0v) is 20.1. The summed E-state index contributed by atoms with van der Waals surface area (Å²) in [5, 5.41) is 16.9. The van der Waals surface area contributed by atoms with Gasteiger partial charge in [-0.3, -0.25) is 0 Å². The van der Waals surface area contributed by atoms with Gasteiger partial charge in [0.25, 0.3) is 0 Å². The van der Waals surface area contributed by atoms with Crippen molar-refractivity contribution in [3.8, 4) is 27.6 Å². The Morgan fingerprint density at radius 2 is 1.67 bits per heavy atom. The lowest BCUT2D eigenvalue weighted by atomic mass is 9.98. The van der Waals surface area contributed by atoms with Crippen molar-refractivity contribution in [3.05, 3.63) is 63.6 Å². The van der Waals surface area contributed by atoms with E-state index in [2.05, 4.69) is 31.0 Å². The number of thioether (sulfide) groups is 1. The molecule has 0 aliphatic carbocycles. The molecule has 8 heteroatoms.